The van der Waals surface area contributed by atoms with Crippen molar-refractivity contribution in [2.75, 3.05) is 18.9 Å². The van der Waals surface area contributed by atoms with Gasteiger partial charge in [0.15, 0.2) is 5.78 Å². The number of ketones is 1. The number of carbonyl (C=O) groups is 3. The predicted octanol–water partition coefficient (Wildman–Crippen LogP) is 3.77. The summed E-state index contributed by atoms with van der Waals surface area (Å²) >= 11 is 0. The lowest BCUT2D eigenvalue weighted by molar-refractivity contribution is -0.116. The van der Waals surface area contributed by atoms with Crippen molar-refractivity contribution in [3.05, 3.63) is 101 Å². The van der Waals surface area contributed by atoms with Gasteiger partial charge in [-0.3, -0.25) is 14.4 Å². The molecule has 0 heterocycles. The molecule has 3 aromatic carbocycles. The summed E-state index contributed by atoms with van der Waals surface area (Å²) in [6.07, 6.45) is 0. The van der Waals surface area contributed by atoms with Crippen LogP contribution in [0.2, 0.25) is 0 Å². The molecular formula is C23H19FN2O3. The van der Waals surface area contributed by atoms with Gasteiger partial charge in [0.1, 0.15) is 5.82 Å². The fourth-order valence-corrected chi connectivity index (χ4v) is 2.76. The monoisotopic (exact) mass is 390 g/mol. The number of likely N-dealkylation sites (N-methyl/N-ethyl adjacent to an activating group) is 1. The van der Waals surface area contributed by atoms with Crippen LogP contribution in [0.3, 0.4) is 0 Å². The Hall–Kier alpha value is -3.80. The minimum absolute atomic E-state index is 0.128. The maximum Gasteiger partial charge on any atom is 0.254 e. The van der Waals surface area contributed by atoms with Crippen LogP contribution in [0.5, 0.6) is 0 Å². The Balaban J connectivity index is 1.61. The molecule has 5 nitrogen and oxygen atoms in total. The number of rotatable bonds is 6. The molecule has 0 radical (unpaired) electrons. The van der Waals surface area contributed by atoms with E-state index in [2.05, 4.69) is 5.32 Å². The predicted molar refractivity (Wildman–Crippen MR) is 108 cm³/mol. The number of amides is 2. The smallest absolute Gasteiger partial charge is 0.254 e. The van der Waals surface area contributed by atoms with Gasteiger partial charge >= 0.3 is 0 Å². The van der Waals surface area contributed by atoms with Crippen LogP contribution < -0.4 is 5.32 Å². The van der Waals surface area contributed by atoms with Gasteiger partial charge in [0.25, 0.3) is 5.91 Å². The molecule has 0 spiro atoms. The van der Waals surface area contributed by atoms with E-state index in [1.54, 1.807) is 48.5 Å². The highest BCUT2D eigenvalue weighted by atomic mass is 19.1. The van der Waals surface area contributed by atoms with Crippen LogP contribution in [0, 0.1) is 5.82 Å². The standard InChI is InChI=1S/C23H19FN2O3/c1-26(15-21(27)25-20-13-11-19(24)12-14-20)23(29)18-9-7-17(8-10-18)22(28)16-5-3-2-4-6-16/h2-14H,15H2,1H3,(H,25,27). The lowest BCUT2D eigenvalue weighted by Gasteiger charge is -2.17. The van der Waals surface area contributed by atoms with E-state index >= 15 is 0 Å². The maximum absolute atomic E-state index is 12.9. The van der Waals surface area contributed by atoms with E-state index in [0.29, 0.717) is 22.4 Å². The molecule has 6 heteroatoms. The average Bonchev–Trinajstić information content (AvgIpc) is 2.75. The molecule has 0 saturated heterocycles. The molecule has 0 aliphatic heterocycles. The number of hydrogen-bond acceptors (Lipinski definition) is 3. The van der Waals surface area contributed by atoms with Crippen LogP contribution in [-0.2, 0) is 4.79 Å². The Kier molecular flexibility index (Phi) is 6.14. The second-order valence-electron chi connectivity index (χ2n) is 6.49. The molecule has 146 valence electrons. The van der Waals surface area contributed by atoms with Gasteiger partial charge in [0.2, 0.25) is 5.91 Å². The van der Waals surface area contributed by atoms with Crippen molar-refractivity contribution in [2.24, 2.45) is 0 Å². The van der Waals surface area contributed by atoms with Gasteiger partial charge < -0.3 is 10.2 Å². The Labute approximate surface area is 167 Å². The normalized spacial score (nSPS) is 10.3. The van der Waals surface area contributed by atoms with Gasteiger partial charge in [-0.2, -0.15) is 0 Å². The van der Waals surface area contributed by atoms with E-state index in [0.717, 1.165) is 0 Å². The van der Waals surface area contributed by atoms with Crippen molar-refractivity contribution < 1.29 is 18.8 Å². The minimum Gasteiger partial charge on any atom is -0.332 e. The highest BCUT2D eigenvalue weighted by Gasteiger charge is 2.16. The summed E-state index contributed by atoms with van der Waals surface area (Å²) in [4.78, 5) is 38.3. The van der Waals surface area contributed by atoms with Crippen molar-refractivity contribution >= 4 is 23.3 Å². The number of hydrogen-bond donors (Lipinski definition) is 1. The molecule has 0 aromatic heterocycles. The first-order chi connectivity index (χ1) is 13.9. The first-order valence-electron chi connectivity index (χ1n) is 8.95. The van der Waals surface area contributed by atoms with Crippen LogP contribution >= 0.6 is 0 Å². The third kappa shape index (κ3) is 5.13. The summed E-state index contributed by atoms with van der Waals surface area (Å²) in [6.45, 7) is -0.166. The number of anilines is 1. The largest absolute Gasteiger partial charge is 0.332 e. The van der Waals surface area contributed by atoms with Crippen molar-refractivity contribution in [3.8, 4) is 0 Å². The SMILES string of the molecule is CN(CC(=O)Nc1ccc(F)cc1)C(=O)c1ccc(C(=O)c2ccccc2)cc1. The highest BCUT2D eigenvalue weighted by Crippen LogP contribution is 2.13. The van der Waals surface area contributed by atoms with E-state index in [1.165, 1.54) is 36.2 Å². The van der Waals surface area contributed by atoms with Crippen LogP contribution in [-0.4, -0.2) is 36.1 Å². The summed E-state index contributed by atoms with van der Waals surface area (Å²) in [5.41, 5.74) is 1.86. The molecule has 2 amide bonds. The third-order valence-corrected chi connectivity index (χ3v) is 4.29. The van der Waals surface area contributed by atoms with Gasteiger partial charge in [0, 0.05) is 29.4 Å². The zero-order valence-electron chi connectivity index (χ0n) is 15.8. The van der Waals surface area contributed by atoms with E-state index in [4.69, 9.17) is 0 Å². The number of nitrogens with zero attached hydrogens (tertiary/aromatic N) is 1. The topological polar surface area (TPSA) is 66.5 Å². The van der Waals surface area contributed by atoms with E-state index in [1.807, 2.05) is 6.07 Å². The number of nitrogens with one attached hydrogen (secondary N) is 1. The summed E-state index contributed by atoms with van der Waals surface area (Å²) in [5.74, 6) is -1.28. The molecule has 0 aliphatic carbocycles. The fourth-order valence-electron chi connectivity index (χ4n) is 2.76. The first kappa shape index (κ1) is 19.9. The minimum atomic E-state index is -0.400. The highest BCUT2D eigenvalue weighted by molar-refractivity contribution is 6.09. The molecule has 3 aromatic rings. The number of carbonyl (C=O) groups excluding carboxylic acids is 3. The third-order valence-electron chi connectivity index (χ3n) is 4.29. The molecular weight excluding hydrogens is 371 g/mol. The number of halogens is 1. The molecule has 29 heavy (non-hydrogen) atoms. The second-order valence-corrected chi connectivity index (χ2v) is 6.49. The molecule has 0 unspecified atom stereocenters. The van der Waals surface area contributed by atoms with Crippen LogP contribution in [0.1, 0.15) is 26.3 Å². The molecule has 1 N–H and O–H groups in total. The Morgan fingerprint density at radius 1 is 0.793 bits per heavy atom. The van der Waals surface area contributed by atoms with E-state index in [-0.39, 0.29) is 18.2 Å². The molecule has 0 aliphatic rings. The Bertz CT molecular complexity index is 1020. The Morgan fingerprint density at radius 2 is 1.34 bits per heavy atom. The summed E-state index contributed by atoms with van der Waals surface area (Å²) < 4.78 is 12.9. The summed E-state index contributed by atoms with van der Waals surface area (Å²) in [5, 5.41) is 2.60. The van der Waals surface area contributed by atoms with E-state index < -0.39 is 11.7 Å². The summed E-state index contributed by atoms with van der Waals surface area (Å²) in [6, 6.07) is 20.5. The number of benzene rings is 3. The van der Waals surface area contributed by atoms with Crippen molar-refractivity contribution in [1.82, 2.24) is 4.90 Å². The molecule has 0 atom stereocenters. The maximum atomic E-state index is 12.9. The Morgan fingerprint density at radius 3 is 1.97 bits per heavy atom. The second kappa shape index (κ2) is 8.93. The van der Waals surface area contributed by atoms with Crippen LogP contribution in [0.4, 0.5) is 10.1 Å². The summed E-state index contributed by atoms with van der Waals surface area (Å²) in [7, 11) is 1.51. The van der Waals surface area contributed by atoms with Gasteiger partial charge in [-0.15, -0.1) is 0 Å². The van der Waals surface area contributed by atoms with Gasteiger partial charge in [-0.05, 0) is 36.4 Å². The van der Waals surface area contributed by atoms with E-state index in [9.17, 15) is 18.8 Å². The van der Waals surface area contributed by atoms with Gasteiger partial charge in [-0.1, -0.05) is 42.5 Å². The first-order valence-corrected chi connectivity index (χ1v) is 8.95. The van der Waals surface area contributed by atoms with Crippen molar-refractivity contribution in [3.63, 3.8) is 0 Å². The molecule has 0 bridgehead atoms. The molecule has 0 fully saturated rings. The molecule has 0 saturated carbocycles. The van der Waals surface area contributed by atoms with Gasteiger partial charge in [0.05, 0.1) is 6.54 Å². The lowest BCUT2D eigenvalue weighted by Crippen LogP contribution is -2.34. The fraction of sp³-hybridized carbons (Fsp3) is 0.0870. The van der Waals surface area contributed by atoms with Gasteiger partial charge in [-0.25, -0.2) is 4.39 Å². The lowest BCUT2D eigenvalue weighted by atomic mass is 10.0. The zero-order valence-corrected chi connectivity index (χ0v) is 15.8. The van der Waals surface area contributed by atoms with Crippen LogP contribution in [0.25, 0.3) is 0 Å². The average molecular weight is 390 g/mol. The quantitative estimate of drug-likeness (QED) is 0.652. The van der Waals surface area contributed by atoms with Crippen molar-refractivity contribution in [2.45, 2.75) is 0 Å². The van der Waals surface area contributed by atoms with Crippen LogP contribution in [0.15, 0.2) is 78.9 Å². The molecule has 3 rings (SSSR count). The zero-order chi connectivity index (χ0) is 20.8. The van der Waals surface area contributed by atoms with Crippen molar-refractivity contribution in [1.29, 1.82) is 0 Å².